The SMILES string of the molecule is CO[C@H]1C[C@H](CN[C@H]2CCCC[C@@H]2Oc2ccc3c(c2)CN(C2CCC(=O)NC2=O)C3=O)C1. The Hall–Kier alpha value is -2.45. The third-order valence-corrected chi connectivity index (χ3v) is 7.68. The van der Waals surface area contributed by atoms with Crippen molar-refractivity contribution < 1.29 is 23.9 Å². The third-order valence-electron chi connectivity index (χ3n) is 7.68. The summed E-state index contributed by atoms with van der Waals surface area (Å²) in [5, 5.41) is 6.09. The zero-order valence-corrected chi connectivity index (χ0v) is 19.2. The number of methoxy groups -OCH3 is 1. The van der Waals surface area contributed by atoms with E-state index in [1.807, 2.05) is 18.2 Å². The van der Waals surface area contributed by atoms with E-state index in [1.165, 1.54) is 6.42 Å². The molecule has 5 rings (SSSR count). The van der Waals surface area contributed by atoms with Gasteiger partial charge in [-0.15, -0.1) is 0 Å². The maximum atomic E-state index is 12.9. The lowest BCUT2D eigenvalue weighted by molar-refractivity contribution is -0.136. The van der Waals surface area contributed by atoms with Gasteiger partial charge in [0.2, 0.25) is 11.8 Å². The van der Waals surface area contributed by atoms with E-state index in [0.717, 1.165) is 50.0 Å². The van der Waals surface area contributed by atoms with Crippen LogP contribution in [0.15, 0.2) is 18.2 Å². The Morgan fingerprint density at radius 1 is 1.12 bits per heavy atom. The van der Waals surface area contributed by atoms with E-state index >= 15 is 0 Å². The lowest BCUT2D eigenvalue weighted by Gasteiger charge is -2.38. The highest BCUT2D eigenvalue weighted by Crippen LogP contribution is 2.33. The van der Waals surface area contributed by atoms with Crippen molar-refractivity contribution in [2.75, 3.05) is 13.7 Å². The van der Waals surface area contributed by atoms with E-state index in [1.54, 1.807) is 12.0 Å². The fraction of sp³-hybridized carbons (Fsp3) is 0.640. The second-order valence-corrected chi connectivity index (χ2v) is 9.87. The van der Waals surface area contributed by atoms with Gasteiger partial charge in [-0.3, -0.25) is 19.7 Å². The van der Waals surface area contributed by atoms with Crippen molar-refractivity contribution in [3.05, 3.63) is 29.3 Å². The van der Waals surface area contributed by atoms with Crippen molar-refractivity contribution >= 4 is 17.7 Å². The highest BCUT2D eigenvalue weighted by atomic mass is 16.5. The zero-order chi connectivity index (χ0) is 22.9. The minimum atomic E-state index is -0.594. The topological polar surface area (TPSA) is 97.0 Å². The monoisotopic (exact) mass is 455 g/mol. The molecule has 8 nitrogen and oxygen atoms in total. The molecule has 4 aliphatic rings. The number of carbonyl (C=O) groups excluding carboxylic acids is 3. The molecule has 2 saturated carbocycles. The molecule has 1 saturated heterocycles. The molecule has 0 aromatic heterocycles. The number of nitrogens with one attached hydrogen (secondary N) is 2. The average molecular weight is 456 g/mol. The number of benzene rings is 1. The first-order valence-corrected chi connectivity index (χ1v) is 12.2. The van der Waals surface area contributed by atoms with Crippen molar-refractivity contribution in [1.29, 1.82) is 0 Å². The van der Waals surface area contributed by atoms with Gasteiger partial charge in [0.15, 0.2) is 0 Å². The zero-order valence-electron chi connectivity index (χ0n) is 19.2. The predicted octanol–water partition coefficient (Wildman–Crippen LogP) is 2.15. The number of fused-ring (bicyclic) bond motifs is 1. The van der Waals surface area contributed by atoms with Crippen LogP contribution in [0.4, 0.5) is 0 Å². The molecule has 2 aliphatic heterocycles. The maximum absolute atomic E-state index is 12.9. The molecule has 1 unspecified atom stereocenters. The summed E-state index contributed by atoms with van der Waals surface area (Å²) in [4.78, 5) is 38.2. The Morgan fingerprint density at radius 2 is 1.94 bits per heavy atom. The van der Waals surface area contributed by atoms with Crippen LogP contribution in [-0.4, -0.2) is 60.6 Å². The molecule has 3 amide bonds. The van der Waals surface area contributed by atoms with Crippen LogP contribution < -0.4 is 15.4 Å². The summed E-state index contributed by atoms with van der Waals surface area (Å²) in [6.45, 7) is 1.37. The molecule has 0 spiro atoms. The Bertz CT molecular complexity index is 929. The van der Waals surface area contributed by atoms with Crippen molar-refractivity contribution in [2.45, 2.75) is 82.2 Å². The average Bonchev–Trinajstić information content (AvgIpc) is 3.09. The lowest BCUT2D eigenvalue weighted by Crippen LogP contribution is -2.52. The van der Waals surface area contributed by atoms with E-state index in [4.69, 9.17) is 9.47 Å². The number of rotatable bonds is 7. The molecule has 178 valence electrons. The van der Waals surface area contributed by atoms with Crippen molar-refractivity contribution in [1.82, 2.24) is 15.5 Å². The van der Waals surface area contributed by atoms with Crippen LogP contribution >= 0.6 is 0 Å². The molecule has 2 N–H and O–H groups in total. The molecule has 8 heteroatoms. The van der Waals surface area contributed by atoms with Crippen LogP contribution in [0.2, 0.25) is 0 Å². The van der Waals surface area contributed by atoms with Crippen LogP contribution in [-0.2, 0) is 20.9 Å². The summed E-state index contributed by atoms with van der Waals surface area (Å²) in [6, 6.07) is 5.35. The van der Waals surface area contributed by atoms with Crippen LogP contribution in [0.3, 0.4) is 0 Å². The molecular formula is C25H33N3O5. The molecule has 3 atom stereocenters. The van der Waals surface area contributed by atoms with Crippen molar-refractivity contribution in [2.24, 2.45) is 5.92 Å². The number of piperidine rings is 1. The summed E-state index contributed by atoms with van der Waals surface area (Å²) in [6.07, 6.45) is 7.91. The van der Waals surface area contributed by atoms with Gasteiger partial charge in [0, 0.05) is 31.7 Å². The number of hydrogen-bond donors (Lipinski definition) is 2. The van der Waals surface area contributed by atoms with Gasteiger partial charge in [-0.1, -0.05) is 6.42 Å². The molecule has 1 aromatic carbocycles. The first-order chi connectivity index (χ1) is 16.0. The van der Waals surface area contributed by atoms with Crippen LogP contribution in [0.1, 0.15) is 67.3 Å². The quantitative estimate of drug-likeness (QED) is 0.612. The number of ether oxygens (including phenoxy) is 2. The van der Waals surface area contributed by atoms with E-state index < -0.39 is 6.04 Å². The summed E-state index contributed by atoms with van der Waals surface area (Å²) in [7, 11) is 1.79. The van der Waals surface area contributed by atoms with Crippen LogP contribution in [0.5, 0.6) is 5.75 Å². The summed E-state index contributed by atoms with van der Waals surface area (Å²) in [5.74, 6) is 0.638. The minimum Gasteiger partial charge on any atom is -0.489 e. The van der Waals surface area contributed by atoms with Gasteiger partial charge in [-0.25, -0.2) is 0 Å². The predicted molar refractivity (Wildman–Crippen MR) is 121 cm³/mol. The molecule has 0 radical (unpaired) electrons. The second-order valence-electron chi connectivity index (χ2n) is 9.87. The van der Waals surface area contributed by atoms with E-state index in [-0.39, 0.29) is 30.2 Å². The van der Waals surface area contributed by atoms with Gasteiger partial charge in [0.05, 0.1) is 6.10 Å². The molecule has 1 aromatic rings. The van der Waals surface area contributed by atoms with Gasteiger partial charge >= 0.3 is 0 Å². The standard InChI is InChI=1S/C25H33N3O5/c1-32-18-10-15(11-18)13-26-20-4-2-3-5-22(20)33-17-6-7-19-16(12-17)14-28(25(19)31)21-8-9-23(29)27-24(21)30/h6-7,12,15,18,20-22,26H,2-5,8-11,13-14H2,1H3,(H,27,29,30)/t15-,18-,20-,21?,22-/m0/s1. The largest absolute Gasteiger partial charge is 0.489 e. The van der Waals surface area contributed by atoms with E-state index in [0.29, 0.717) is 36.6 Å². The van der Waals surface area contributed by atoms with Crippen molar-refractivity contribution in [3.8, 4) is 5.75 Å². The van der Waals surface area contributed by atoms with Crippen molar-refractivity contribution in [3.63, 3.8) is 0 Å². The first kappa shape index (κ1) is 22.3. The van der Waals surface area contributed by atoms with Gasteiger partial charge in [-0.2, -0.15) is 0 Å². The van der Waals surface area contributed by atoms with Gasteiger partial charge in [-0.05, 0) is 74.8 Å². The number of amides is 3. The van der Waals surface area contributed by atoms with Crippen LogP contribution in [0.25, 0.3) is 0 Å². The Kier molecular flexibility index (Phi) is 6.38. The molecule has 0 bridgehead atoms. The van der Waals surface area contributed by atoms with E-state index in [2.05, 4.69) is 10.6 Å². The summed E-state index contributed by atoms with van der Waals surface area (Å²) in [5.41, 5.74) is 1.49. The molecule has 33 heavy (non-hydrogen) atoms. The molecule has 3 fully saturated rings. The van der Waals surface area contributed by atoms with Gasteiger partial charge in [0.25, 0.3) is 5.91 Å². The number of nitrogens with zero attached hydrogens (tertiary/aromatic N) is 1. The third kappa shape index (κ3) is 4.64. The summed E-state index contributed by atoms with van der Waals surface area (Å²) >= 11 is 0. The fourth-order valence-corrected chi connectivity index (χ4v) is 5.62. The number of hydrogen-bond acceptors (Lipinski definition) is 6. The maximum Gasteiger partial charge on any atom is 0.255 e. The van der Waals surface area contributed by atoms with Crippen LogP contribution in [0, 0.1) is 5.92 Å². The van der Waals surface area contributed by atoms with Gasteiger partial charge < -0.3 is 19.7 Å². The van der Waals surface area contributed by atoms with E-state index in [9.17, 15) is 14.4 Å². The summed E-state index contributed by atoms with van der Waals surface area (Å²) < 4.78 is 11.8. The second kappa shape index (κ2) is 9.43. The Morgan fingerprint density at radius 3 is 2.73 bits per heavy atom. The minimum absolute atomic E-state index is 0.110. The highest BCUT2D eigenvalue weighted by molar-refractivity contribution is 6.05. The Labute approximate surface area is 194 Å². The highest BCUT2D eigenvalue weighted by Gasteiger charge is 2.39. The first-order valence-electron chi connectivity index (χ1n) is 12.2. The fourth-order valence-electron chi connectivity index (χ4n) is 5.62. The van der Waals surface area contributed by atoms with Gasteiger partial charge in [0.1, 0.15) is 17.9 Å². The number of imide groups is 1. The smallest absolute Gasteiger partial charge is 0.255 e. The number of carbonyl (C=O) groups is 3. The normalized spacial score (nSPS) is 31.7. The molecular weight excluding hydrogens is 422 g/mol. The molecule has 2 heterocycles. The Balaban J connectivity index is 1.21. The molecule has 2 aliphatic carbocycles. The lowest BCUT2D eigenvalue weighted by atomic mass is 9.81.